The average molecular weight is 264 g/mol. The second-order valence-electron chi connectivity index (χ2n) is 4.38. The Kier molecular flexibility index (Phi) is 2.70. The number of nitrogens with zero attached hydrogens (tertiary/aromatic N) is 3. The zero-order valence-electron chi connectivity index (χ0n) is 9.76. The zero-order chi connectivity index (χ0) is 13.6. The number of fused-ring (bicyclic) bond motifs is 1. The lowest BCUT2D eigenvalue weighted by Gasteiger charge is -2.18. The van der Waals surface area contributed by atoms with Crippen LogP contribution in [0.3, 0.4) is 0 Å². The van der Waals surface area contributed by atoms with Crippen LogP contribution in [-0.4, -0.2) is 53.7 Å². The van der Waals surface area contributed by atoms with Crippen LogP contribution in [0, 0.1) is 0 Å². The van der Waals surface area contributed by atoms with E-state index in [2.05, 4.69) is 15.0 Å². The molecule has 0 bridgehead atoms. The Bertz CT molecular complexity index is 704. The Labute approximate surface area is 106 Å². The van der Waals surface area contributed by atoms with Gasteiger partial charge in [-0.2, -0.15) is 0 Å². The van der Waals surface area contributed by atoms with Gasteiger partial charge >= 0.3 is 0 Å². The number of nitrogens with one attached hydrogen (secondary N) is 1. The molecular weight excluding hydrogens is 252 g/mol. The lowest BCUT2D eigenvalue weighted by molar-refractivity contribution is 0.0287. The maximum Gasteiger partial charge on any atom is 0.278 e. The smallest absolute Gasteiger partial charge is 0.278 e. The summed E-state index contributed by atoms with van der Waals surface area (Å²) in [7, 11) is 0. The molecule has 0 aliphatic heterocycles. The predicted octanol–water partition coefficient (Wildman–Crippen LogP) is -1.69. The Morgan fingerprint density at radius 3 is 2.84 bits per heavy atom. The van der Waals surface area contributed by atoms with Crippen molar-refractivity contribution in [1.82, 2.24) is 19.5 Å². The molecule has 2 heterocycles. The minimum Gasteiger partial charge on any atom is -0.392 e. The van der Waals surface area contributed by atoms with E-state index in [0.29, 0.717) is 11.2 Å². The molecule has 2 aromatic rings. The molecule has 2 aromatic heterocycles. The maximum absolute atomic E-state index is 11.5. The van der Waals surface area contributed by atoms with Gasteiger partial charge in [0.1, 0.15) is 12.2 Å². The summed E-state index contributed by atoms with van der Waals surface area (Å²) < 4.78 is 1.50. The number of hydrogen-bond donors (Lipinski definition) is 4. The van der Waals surface area contributed by atoms with Gasteiger partial charge in [0.2, 0.25) is 0 Å². The predicted molar refractivity (Wildman–Crippen MR) is 64.4 cm³/mol. The Hall–Kier alpha value is -2.03. The third-order valence-corrected chi connectivity index (χ3v) is 3.31. The van der Waals surface area contributed by atoms with Gasteiger partial charge in [-0.3, -0.25) is 4.79 Å². The molecule has 3 rings (SSSR count). The average Bonchev–Trinajstić information content (AvgIpc) is 2.94. The van der Waals surface area contributed by atoms with E-state index in [1.165, 1.54) is 17.2 Å². The van der Waals surface area contributed by atoms with Crippen LogP contribution in [0.1, 0.15) is 6.04 Å². The molecule has 0 saturated heterocycles. The molecule has 19 heavy (non-hydrogen) atoms. The minimum absolute atomic E-state index is 0.162. The molecule has 0 unspecified atom stereocenters. The molecule has 0 fully saturated rings. The van der Waals surface area contributed by atoms with Crippen LogP contribution < -0.4 is 5.56 Å². The van der Waals surface area contributed by atoms with E-state index < -0.39 is 18.2 Å². The van der Waals surface area contributed by atoms with Gasteiger partial charge in [-0.15, -0.1) is 0 Å². The van der Waals surface area contributed by atoms with E-state index in [0.717, 1.165) is 0 Å². The maximum atomic E-state index is 11.5. The third kappa shape index (κ3) is 1.69. The highest BCUT2D eigenvalue weighted by atomic mass is 16.3. The molecule has 8 heteroatoms. The van der Waals surface area contributed by atoms with Gasteiger partial charge in [0.05, 0.1) is 25.3 Å². The van der Waals surface area contributed by atoms with Gasteiger partial charge in [0, 0.05) is 0 Å². The van der Waals surface area contributed by atoms with Crippen LogP contribution in [0.5, 0.6) is 0 Å². The van der Waals surface area contributed by atoms with Crippen LogP contribution in [0.2, 0.25) is 0 Å². The fourth-order valence-electron chi connectivity index (χ4n) is 2.29. The zero-order valence-corrected chi connectivity index (χ0v) is 9.76. The lowest BCUT2D eigenvalue weighted by atomic mass is 10.1. The SMILES string of the molecule is O=c1[nH]cnc2c1ncn2[C@@H]1C=C(CO)[C@@H](O)[C@H]1O. The molecule has 1 aliphatic rings. The molecule has 4 N–H and O–H groups in total. The molecule has 1 aliphatic carbocycles. The summed E-state index contributed by atoms with van der Waals surface area (Å²) in [6.07, 6.45) is 1.94. The molecule has 3 atom stereocenters. The van der Waals surface area contributed by atoms with Crippen molar-refractivity contribution in [2.75, 3.05) is 6.61 Å². The first-order valence-corrected chi connectivity index (χ1v) is 5.71. The monoisotopic (exact) mass is 264 g/mol. The van der Waals surface area contributed by atoms with Crippen molar-refractivity contribution in [3.63, 3.8) is 0 Å². The number of aliphatic hydroxyl groups is 3. The summed E-state index contributed by atoms with van der Waals surface area (Å²) in [6, 6.07) is -0.614. The first-order valence-electron chi connectivity index (χ1n) is 5.71. The summed E-state index contributed by atoms with van der Waals surface area (Å²) in [5, 5.41) is 28.8. The topological polar surface area (TPSA) is 124 Å². The normalized spacial score (nSPS) is 26.9. The number of H-pyrrole nitrogens is 1. The van der Waals surface area contributed by atoms with Crippen LogP contribution in [-0.2, 0) is 0 Å². The lowest BCUT2D eigenvalue weighted by Crippen LogP contribution is -2.30. The van der Waals surface area contributed by atoms with Crippen molar-refractivity contribution in [2.24, 2.45) is 0 Å². The molecule has 100 valence electrons. The molecule has 0 amide bonds. The summed E-state index contributed by atoms with van der Waals surface area (Å²) in [4.78, 5) is 21.9. The molecule has 8 nitrogen and oxygen atoms in total. The van der Waals surface area contributed by atoms with Crippen molar-refractivity contribution in [3.05, 3.63) is 34.7 Å². The fraction of sp³-hybridized carbons (Fsp3) is 0.364. The fourth-order valence-corrected chi connectivity index (χ4v) is 2.29. The molecular formula is C11H12N4O4. The Morgan fingerprint density at radius 1 is 1.37 bits per heavy atom. The number of hydrogen-bond acceptors (Lipinski definition) is 6. The Balaban J connectivity index is 2.13. The van der Waals surface area contributed by atoms with Gasteiger partial charge in [-0.1, -0.05) is 6.08 Å². The van der Waals surface area contributed by atoms with E-state index in [1.54, 1.807) is 6.08 Å². The second kappa shape index (κ2) is 4.26. The highest BCUT2D eigenvalue weighted by molar-refractivity contribution is 5.69. The second-order valence-corrected chi connectivity index (χ2v) is 4.38. The quantitative estimate of drug-likeness (QED) is 0.480. The first kappa shape index (κ1) is 12.0. The number of aromatic nitrogens is 4. The summed E-state index contributed by atoms with van der Waals surface area (Å²) in [5.74, 6) is 0. The first-order chi connectivity index (χ1) is 9.13. The van der Waals surface area contributed by atoms with Gasteiger partial charge in [-0.05, 0) is 5.57 Å². The van der Waals surface area contributed by atoms with Gasteiger partial charge in [0.25, 0.3) is 5.56 Å². The van der Waals surface area contributed by atoms with Crippen LogP contribution in [0.25, 0.3) is 11.2 Å². The standard InChI is InChI=1S/C11H12N4O4/c16-2-5-1-6(9(18)8(5)17)15-4-14-7-10(15)12-3-13-11(7)19/h1,3-4,6,8-9,16-18H,2H2,(H,12,13,19)/t6-,8-,9+/m1/s1. The van der Waals surface area contributed by atoms with Crippen molar-refractivity contribution in [3.8, 4) is 0 Å². The Morgan fingerprint density at radius 2 is 2.16 bits per heavy atom. The third-order valence-electron chi connectivity index (χ3n) is 3.31. The number of rotatable bonds is 2. The van der Waals surface area contributed by atoms with Gasteiger partial charge in [0.15, 0.2) is 11.2 Å². The summed E-state index contributed by atoms with van der Waals surface area (Å²) in [6.45, 7) is -0.338. The van der Waals surface area contributed by atoms with Crippen molar-refractivity contribution in [1.29, 1.82) is 0 Å². The molecule has 0 saturated carbocycles. The van der Waals surface area contributed by atoms with Crippen molar-refractivity contribution >= 4 is 11.2 Å². The van der Waals surface area contributed by atoms with E-state index >= 15 is 0 Å². The van der Waals surface area contributed by atoms with Crippen molar-refractivity contribution in [2.45, 2.75) is 18.2 Å². The number of aromatic amines is 1. The van der Waals surface area contributed by atoms with Gasteiger partial charge in [-0.25, -0.2) is 9.97 Å². The molecule has 0 spiro atoms. The number of imidazole rings is 1. The number of aliphatic hydroxyl groups excluding tert-OH is 3. The van der Waals surface area contributed by atoms with Crippen LogP contribution >= 0.6 is 0 Å². The van der Waals surface area contributed by atoms with E-state index in [-0.39, 0.29) is 17.7 Å². The van der Waals surface area contributed by atoms with E-state index in [4.69, 9.17) is 5.11 Å². The van der Waals surface area contributed by atoms with Crippen molar-refractivity contribution < 1.29 is 15.3 Å². The largest absolute Gasteiger partial charge is 0.392 e. The highest BCUT2D eigenvalue weighted by Crippen LogP contribution is 2.30. The molecule has 0 radical (unpaired) electrons. The highest BCUT2D eigenvalue weighted by Gasteiger charge is 2.36. The van der Waals surface area contributed by atoms with E-state index in [1.807, 2.05) is 0 Å². The molecule has 0 aromatic carbocycles. The van der Waals surface area contributed by atoms with Crippen LogP contribution in [0.15, 0.2) is 29.1 Å². The van der Waals surface area contributed by atoms with E-state index in [9.17, 15) is 15.0 Å². The van der Waals surface area contributed by atoms with Crippen LogP contribution in [0.4, 0.5) is 0 Å². The summed E-state index contributed by atoms with van der Waals surface area (Å²) >= 11 is 0. The minimum atomic E-state index is -1.13. The summed E-state index contributed by atoms with van der Waals surface area (Å²) in [5.41, 5.74) is 0.442. The van der Waals surface area contributed by atoms with Gasteiger partial charge < -0.3 is 24.9 Å².